The summed E-state index contributed by atoms with van der Waals surface area (Å²) in [5.41, 5.74) is -0.0237. The normalized spacial score (nSPS) is 24.8. The molecule has 6 nitrogen and oxygen atoms in total. The third-order valence-corrected chi connectivity index (χ3v) is 6.15. The first kappa shape index (κ1) is 22.6. The molecule has 1 amide bonds. The minimum Gasteiger partial charge on any atom is -0.480 e. The summed E-state index contributed by atoms with van der Waals surface area (Å²) >= 11 is 0. The van der Waals surface area contributed by atoms with E-state index in [1.807, 2.05) is 4.90 Å². The molecule has 0 aliphatic carbocycles. The lowest BCUT2D eigenvalue weighted by Crippen LogP contribution is -2.64. The van der Waals surface area contributed by atoms with E-state index in [1.165, 1.54) is 23.1 Å². The lowest BCUT2D eigenvalue weighted by Gasteiger charge is -2.49. The smallest absolute Gasteiger partial charge is 0.327 e. The van der Waals surface area contributed by atoms with Gasteiger partial charge in [0.15, 0.2) is 0 Å². The van der Waals surface area contributed by atoms with Crippen molar-refractivity contribution in [3.8, 4) is 0 Å². The largest absolute Gasteiger partial charge is 0.480 e. The Morgan fingerprint density at radius 2 is 1.73 bits per heavy atom. The first-order valence-corrected chi connectivity index (χ1v) is 10.5. The Hall–Kier alpha value is -2.06. The van der Waals surface area contributed by atoms with Gasteiger partial charge < -0.3 is 14.7 Å². The molecule has 8 heteroatoms. The zero-order valence-corrected chi connectivity index (χ0v) is 17.7. The first-order valence-electron chi connectivity index (χ1n) is 10.5. The van der Waals surface area contributed by atoms with E-state index in [0.717, 1.165) is 0 Å². The number of nitrogens with zero attached hydrogens (tertiary/aromatic N) is 2. The Bertz CT molecular complexity index is 762. The molecule has 2 aliphatic rings. The van der Waals surface area contributed by atoms with Crippen LogP contribution in [0.5, 0.6) is 0 Å². The number of benzene rings is 1. The van der Waals surface area contributed by atoms with E-state index in [0.29, 0.717) is 32.6 Å². The van der Waals surface area contributed by atoms with Gasteiger partial charge in [0.05, 0.1) is 0 Å². The maximum Gasteiger partial charge on any atom is 0.327 e. The van der Waals surface area contributed by atoms with Crippen molar-refractivity contribution in [3.63, 3.8) is 0 Å². The molecular weight excluding hydrogens is 394 g/mol. The minimum atomic E-state index is -1.11. The number of carboxylic acids is 1. The van der Waals surface area contributed by atoms with E-state index in [-0.39, 0.29) is 29.9 Å². The first-order chi connectivity index (χ1) is 14.2. The minimum absolute atomic E-state index is 0.0218. The molecule has 1 N–H and O–H groups in total. The molecule has 2 fully saturated rings. The van der Waals surface area contributed by atoms with Gasteiger partial charge in [-0.2, -0.15) is 0 Å². The second-order valence-electron chi connectivity index (χ2n) is 8.59. The van der Waals surface area contributed by atoms with E-state index in [9.17, 15) is 23.5 Å². The fraction of sp³-hybridized carbons (Fsp3) is 0.636. The van der Waals surface area contributed by atoms with Crippen LogP contribution in [0.3, 0.4) is 0 Å². The molecule has 0 saturated carbocycles. The molecule has 3 atom stereocenters. The molecule has 2 aliphatic heterocycles. The van der Waals surface area contributed by atoms with Crippen LogP contribution in [-0.4, -0.2) is 65.2 Å². The van der Waals surface area contributed by atoms with Crippen LogP contribution in [0.2, 0.25) is 0 Å². The number of halogens is 2. The number of carboxylic acid groups (broad SMARTS) is 1. The molecule has 0 spiro atoms. The summed E-state index contributed by atoms with van der Waals surface area (Å²) in [6.45, 7) is 6.63. The molecule has 2 saturated heterocycles. The zero-order chi connectivity index (χ0) is 22.0. The van der Waals surface area contributed by atoms with E-state index >= 15 is 0 Å². The number of ether oxygens (including phenoxy) is 1. The van der Waals surface area contributed by atoms with Crippen molar-refractivity contribution in [1.29, 1.82) is 0 Å². The molecular formula is C22H30F2N2O4. The number of carbonyl (C=O) groups excluding carboxylic acids is 1. The van der Waals surface area contributed by atoms with Crippen molar-refractivity contribution in [2.24, 2.45) is 11.8 Å². The maximum atomic E-state index is 14.8. The molecule has 0 unspecified atom stereocenters. The van der Waals surface area contributed by atoms with Gasteiger partial charge in [-0.15, -0.1) is 0 Å². The van der Waals surface area contributed by atoms with Gasteiger partial charge in [-0.3, -0.25) is 9.69 Å². The number of piperazine rings is 1. The Labute approximate surface area is 175 Å². The molecule has 3 rings (SSSR count). The van der Waals surface area contributed by atoms with Crippen molar-refractivity contribution >= 4 is 11.9 Å². The monoisotopic (exact) mass is 424 g/mol. The fourth-order valence-electron chi connectivity index (χ4n) is 4.75. The number of hydrogen-bond acceptors (Lipinski definition) is 4. The van der Waals surface area contributed by atoms with Crippen molar-refractivity contribution in [1.82, 2.24) is 9.80 Å². The average Bonchev–Trinajstić information content (AvgIpc) is 2.70. The number of amides is 1. The van der Waals surface area contributed by atoms with Gasteiger partial charge in [-0.1, -0.05) is 19.9 Å². The SMILES string of the molecule is CC(C)C(=O)N1[C@H](C)CN([C@@H](c2c(F)cccc2F)C2CCOCC2)C[C@@H]1C(=O)O. The van der Waals surface area contributed by atoms with Crippen molar-refractivity contribution in [2.75, 3.05) is 26.3 Å². The van der Waals surface area contributed by atoms with Crippen LogP contribution >= 0.6 is 0 Å². The summed E-state index contributed by atoms with van der Waals surface area (Å²) in [4.78, 5) is 28.0. The number of carbonyl (C=O) groups is 2. The summed E-state index contributed by atoms with van der Waals surface area (Å²) in [6, 6.07) is 1.73. The summed E-state index contributed by atoms with van der Waals surface area (Å²) in [5, 5.41) is 9.86. The topological polar surface area (TPSA) is 70.1 Å². The highest BCUT2D eigenvalue weighted by Gasteiger charge is 2.44. The zero-order valence-electron chi connectivity index (χ0n) is 17.7. The second-order valence-corrected chi connectivity index (χ2v) is 8.59. The van der Waals surface area contributed by atoms with Gasteiger partial charge in [-0.25, -0.2) is 13.6 Å². The van der Waals surface area contributed by atoms with Crippen molar-refractivity contribution in [2.45, 2.75) is 51.7 Å². The summed E-state index contributed by atoms with van der Waals surface area (Å²) in [5.74, 6) is -3.01. The van der Waals surface area contributed by atoms with Gasteiger partial charge in [0.2, 0.25) is 5.91 Å². The highest BCUT2D eigenvalue weighted by Crippen LogP contribution is 2.39. The Balaban J connectivity index is 1.99. The van der Waals surface area contributed by atoms with E-state index in [2.05, 4.69) is 0 Å². The molecule has 1 aromatic carbocycles. The number of rotatable bonds is 5. The van der Waals surface area contributed by atoms with Crippen LogP contribution in [0.25, 0.3) is 0 Å². The van der Waals surface area contributed by atoms with Gasteiger partial charge in [0.25, 0.3) is 0 Å². The standard InChI is InChI=1S/C22H30F2N2O4/c1-13(2)21(27)26-14(3)11-25(12-18(26)22(28)29)20(15-7-9-30-10-8-15)19-16(23)5-4-6-17(19)24/h4-6,13-15,18,20H,7-12H2,1-3H3,(H,28,29)/t14-,18-,20-/m1/s1. The second kappa shape index (κ2) is 9.39. The molecule has 30 heavy (non-hydrogen) atoms. The van der Waals surface area contributed by atoms with Crippen LogP contribution in [0, 0.1) is 23.5 Å². The van der Waals surface area contributed by atoms with Crippen molar-refractivity contribution in [3.05, 3.63) is 35.4 Å². The van der Waals surface area contributed by atoms with Crippen molar-refractivity contribution < 1.29 is 28.2 Å². The lowest BCUT2D eigenvalue weighted by molar-refractivity contribution is -0.160. The lowest BCUT2D eigenvalue weighted by atomic mass is 9.84. The molecule has 2 heterocycles. The van der Waals surface area contributed by atoms with Crippen LogP contribution in [0.4, 0.5) is 8.78 Å². The third kappa shape index (κ3) is 4.49. The number of hydrogen-bond donors (Lipinski definition) is 1. The van der Waals surface area contributed by atoms with E-state index in [4.69, 9.17) is 4.74 Å². The number of aliphatic carboxylic acids is 1. The molecule has 166 valence electrons. The average molecular weight is 424 g/mol. The third-order valence-electron chi connectivity index (χ3n) is 6.15. The summed E-state index contributed by atoms with van der Waals surface area (Å²) < 4.78 is 35.0. The van der Waals surface area contributed by atoms with Crippen LogP contribution in [-0.2, 0) is 14.3 Å². The van der Waals surface area contributed by atoms with E-state index < -0.39 is 35.7 Å². The van der Waals surface area contributed by atoms with Crippen LogP contribution < -0.4 is 0 Å². The Kier molecular flexibility index (Phi) is 7.08. The Morgan fingerprint density at radius 1 is 1.13 bits per heavy atom. The Morgan fingerprint density at radius 3 is 2.27 bits per heavy atom. The van der Waals surface area contributed by atoms with Crippen LogP contribution in [0.15, 0.2) is 18.2 Å². The molecule has 0 aromatic heterocycles. The van der Waals surface area contributed by atoms with Gasteiger partial charge in [-0.05, 0) is 37.8 Å². The van der Waals surface area contributed by atoms with Crippen LogP contribution in [0.1, 0.15) is 45.2 Å². The highest BCUT2D eigenvalue weighted by molar-refractivity contribution is 5.85. The quantitative estimate of drug-likeness (QED) is 0.787. The molecule has 0 bridgehead atoms. The van der Waals surface area contributed by atoms with Gasteiger partial charge >= 0.3 is 5.97 Å². The van der Waals surface area contributed by atoms with Gasteiger partial charge in [0.1, 0.15) is 17.7 Å². The molecule has 0 radical (unpaired) electrons. The fourth-order valence-corrected chi connectivity index (χ4v) is 4.75. The van der Waals surface area contributed by atoms with Gasteiger partial charge in [0, 0.05) is 49.9 Å². The molecule has 1 aromatic rings. The predicted octanol–water partition coefficient (Wildman–Crippen LogP) is 3.07. The predicted molar refractivity (Wildman–Crippen MR) is 107 cm³/mol. The highest BCUT2D eigenvalue weighted by atomic mass is 19.1. The van der Waals surface area contributed by atoms with E-state index in [1.54, 1.807) is 20.8 Å². The summed E-state index contributed by atoms with van der Waals surface area (Å²) in [6.07, 6.45) is 1.27. The summed E-state index contributed by atoms with van der Waals surface area (Å²) in [7, 11) is 0. The maximum absolute atomic E-state index is 14.8.